The average Bonchev–Trinajstić information content (AvgIpc) is 2.44. The molecule has 0 saturated heterocycles. The molecule has 0 aliphatic heterocycles. The lowest BCUT2D eigenvalue weighted by atomic mass is 9.77. The fraction of sp³-hybridized carbons (Fsp3) is 0.667. The Morgan fingerprint density at radius 1 is 1.21 bits per heavy atom. The molecule has 1 saturated carbocycles. The Morgan fingerprint density at radius 3 is 2.68 bits per heavy atom. The van der Waals surface area contributed by atoms with Crippen LogP contribution in [0.4, 0.5) is 0 Å². The Labute approximate surface area is 118 Å². The molecule has 106 valence electrons. The van der Waals surface area contributed by atoms with E-state index in [9.17, 15) is 0 Å². The molecule has 0 amide bonds. The molecule has 19 heavy (non-hydrogen) atoms. The number of hydrogen-bond donors (Lipinski definition) is 1. The molecular formula is C18H29N. The molecule has 1 fully saturated rings. The predicted molar refractivity (Wildman–Crippen MR) is 83.5 cm³/mol. The van der Waals surface area contributed by atoms with Gasteiger partial charge in [0, 0.05) is 6.54 Å². The summed E-state index contributed by atoms with van der Waals surface area (Å²) < 4.78 is 0. The Hall–Kier alpha value is -0.820. The van der Waals surface area contributed by atoms with Gasteiger partial charge in [0.1, 0.15) is 0 Å². The summed E-state index contributed by atoms with van der Waals surface area (Å²) in [6, 6.07) is 11.1. The van der Waals surface area contributed by atoms with Crippen LogP contribution >= 0.6 is 0 Å². The first-order chi connectivity index (χ1) is 9.29. The molecule has 0 bridgehead atoms. The molecule has 1 aromatic rings. The normalized spacial score (nSPS) is 25.2. The molecule has 1 heteroatoms. The highest BCUT2D eigenvalue weighted by Crippen LogP contribution is 2.35. The molecule has 0 radical (unpaired) electrons. The zero-order valence-corrected chi connectivity index (χ0v) is 12.6. The lowest BCUT2D eigenvalue weighted by Gasteiger charge is -2.30. The molecule has 0 aromatic heterocycles. The van der Waals surface area contributed by atoms with Gasteiger partial charge in [0.15, 0.2) is 0 Å². The Balaban J connectivity index is 1.97. The van der Waals surface area contributed by atoms with Crippen molar-refractivity contribution in [1.29, 1.82) is 0 Å². The second-order valence-corrected chi connectivity index (χ2v) is 6.29. The first-order valence-corrected chi connectivity index (χ1v) is 8.05. The van der Waals surface area contributed by atoms with Crippen molar-refractivity contribution in [2.24, 2.45) is 11.8 Å². The zero-order valence-electron chi connectivity index (χ0n) is 12.6. The molecule has 1 aliphatic carbocycles. The summed E-state index contributed by atoms with van der Waals surface area (Å²) in [5.41, 5.74) is 1.52. The van der Waals surface area contributed by atoms with Gasteiger partial charge in [-0.1, -0.05) is 63.4 Å². The molecule has 2 rings (SSSR count). The molecule has 1 aliphatic rings. The third kappa shape index (κ3) is 4.65. The van der Waals surface area contributed by atoms with E-state index in [4.69, 9.17) is 0 Å². The zero-order chi connectivity index (χ0) is 13.5. The van der Waals surface area contributed by atoms with Crippen LogP contribution in [0.3, 0.4) is 0 Å². The summed E-state index contributed by atoms with van der Waals surface area (Å²) in [5, 5.41) is 3.55. The first kappa shape index (κ1) is 14.6. The number of likely N-dealkylation sites (N-methyl/N-ethyl adjacent to an activating group) is 1. The molecule has 0 spiro atoms. The number of rotatable bonds is 6. The van der Waals surface area contributed by atoms with Crippen LogP contribution in [-0.4, -0.2) is 13.1 Å². The van der Waals surface area contributed by atoms with E-state index in [1.54, 1.807) is 0 Å². The van der Waals surface area contributed by atoms with Gasteiger partial charge < -0.3 is 5.32 Å². The molecule has 3 unspecified atom stereocenters. The van der Waals surface area contributed by atoms with Crippen molar-refractivity contribution in [3.8, 4) is 0 Å². The topological polar surface area (TPSA) is 12.0 Å². The van der Waals surface area contributed by atoms with Gasteiger partial charge in [-0.3, -0.25) is 0 Å². The van der Waals surface area contributed by atoms with Gasteiger partial charge in [-0.2, -0.15) is 0 Å². The van der Waals surface area contributed by atoms with Crippen molar-refractivity contribution in [3.63, 3.8) is 0 Å². The average molecular weight is 259 g/mol. The van der Waals surface area contributed by atoms with Crippen LogP contribution in [0.2, 0.25) is 0 Å². The van der Waals surface area contributed by atoms with Crippen molar-refractivity contribution in [2.45, 2.75) is 51.9 Å². The van der Waals surface area contributed by atoms with Crippen LogP contribution in [0.25, 0.3) is 0 Å². The summed E-state index contributed by atoms with van der Waals surface area (Å²) in [6.45, 7) is 6.83. The summed E-state index contributed by atoms with van der Waals surface area (Å²) in [6.07, 6.45) is 7.13. The highest BCUT2D eigenvalue weighted by molar-refractivity contribution is 5.20. The lowest BCUT2D eigenvalue weighted by molar-refractivity contribution is 0.255. The quantitative estimate of drug-likeness (QED) is 0.787. The maximum Gasteiger partial charge on any atom is 0.00201 e. The van der Waals surface area contributed by atoms with Crippen LogP contribution in [0.15, 0.2) is 30.3 Å². The van der Waals surface area contributed by atoms with Gasteiger partial charge in [-0.05, 0) is 42.7 Å². The summed E-state index contributed by atoms with van der Waals surface area (Å²) in [5.74, 6) is 2.57. The molecule has 0 heterocycles. The van der Waals surface area contributed by atoms with E-state index in [2.05, 4.69) is 49.5 Å². The van der Waals surface area contributed by atoms with E-state index >= 15 is 0 Å². The summed E-state index contributed by atoms with van der Waals surface area (Å²) in [4.78, 5) is 0. The van der Waals surface area contributed by atoms with E-state index in [-0.39, 0.29) is 0 Å². The minimum Gasteiger partial charge on any atom is -0.316 e. The van der Waals surface area contributed by atoms with Gasteiger partial charge >= 0.3 is 0 Å². The SMILES string of the molecule is CCNCC(CC1CCCC(C)C1)c1ccccc1. The minimum atomic E-state index is 0.691. The van der Waals surface area contributed by atoms with E-state index in [1.807, 2.05) is 0 Å². The highest BCUT2D eigenvalue weighted by atomic mass is 14.8. The molecule has 1 nitrogen and oxygen atoms in total. The van der Waals surface area contributed by atoms with Gasteiger partial charge in [-0.15, -0.1) is 0 Å². The van der Waals surface area contributed by atoms with Crippen LogP contribution in [0.5, 0.6) is 0 Å². The number of nitrogens with one attached hydrogen (secondary N) is 1. The van der Waals surface area contributed by atoms with Crippen LogP contribution < -0.4 is 5.32 Å². The van der Waals surface area contributed by atoms with Gasteiger partial charge in [0.2, 0.25) is 0 Å². The standard InChI is InChI=1S/C18H29N/c1-3-19-14-18(17-10-5-4-6-11-17)13-16-9-7-8-15(2)12-16/h4-6,10-11,15-16,18-19H,3,7-9,12-14H2,1-2H3. The van der Waals surface area contributed by atoms with Gasteiger partial charge in [0.25, 0.3) is 0 Å². The second-order valence-electron chi connectivity index (χ2n) is 6.29. The second kappa shape index (κ2) is 7.69. The Bertz CT molecular complexity index is 346. The Morgan fingerprint density at radius 2 is 2.00 bits per heavy atom. The minimum absolute atomic E-state index is 0.691. The van der Waals surface area contributed by atoms with Crippen molar-refractivity contribution in [2.75, 3.05) is 13.1 Å². The van der Waals surface area contributed by atoms with Crippen LogP contribution in [0.1, 0.15) is 57.4 Å². The van der Waals surface area contributed by atoms with Crippen molar-refractivity contribution in [1.82, 2.24) is 5.32 Å². The van der Waals surface area contributed by atoms with E-state index in [0.29, 0.717) is 5.92 Å². The fourth-order valence-corrected chi connectivity index (χ4v) is 3.56. The summed E-state index contributed by atoms with van der Waals surface area (Å²) in [7, 11) is 0. The maximum absolute atomic E-state index is 3.55. The smallest absolute Gasteiger partial charge is 0.00201 e. The van der Waals surface area contributed by atoms with Gasteiger partial charge in [0.05, 0.1) is 0 Å². The Kier molecular flexibility index (Phi) is 5.91. The van der Waals surface area contributed by atoms with Gasteiger partial charge in [-0.25, -0.2) is 0 Å². The predicted octanol–water partition coefficient (Wildman–Crippen LogP) is 4.60. The third-order valence-corrected chi connectivity index (χ3v) is 4.57. The molecule has 1 N–H and O–H groups in total. The van der Waals surface area contributed by atoms with E-state index in [0.717, 1.165) is 24.9 Å². The van der Waals surface area contributed by atoms with E-state index in [1.165, 1.54) is 37.7 Å². The first-order valence-electron chi connectivity index (χ1n) is 8.05. The highest BCUT2D eigenvalue weighted by Gasteiger charge is 2.22. The van der Waals surface area contributed by atoms with Crippen molar-refractivity contribution < 1.29 is 0 Å². The summed E-state index contributed by atoms with van der Waals surface area (Å²) >= 11 is 0. The van der Waals surface area contributed by atoms with Crippen LogP contribution in [0, 0.1) is 11.8 Å². The maximum atomic E-state index is 3.55. The molecule has 3 atom stereocenters. The van der Waals surface area contributed by atoms with Crippen molar-refractivity contribution >= 4 is 0 Å². The third-order valence-electron chi connectivity index (χ3n) is 4.57. The fourth-order valence-electron chi connectivity index (χ4n) is 3.56. The largest absolute Gasteiger partial charge is 0.316 e. The monoisotopic (exact) mass is 259 g/mol. The lowest BCUT2D eigenvalue weighted by Crippen LogP contribution is -2.24. The van der Waals surface area contributed by atoms with E-state index < -0.39 is 0 Å². The van der Waals surface area contributed by atoms with Crippen molar-refractivity contribution in [3.05, 3.63) is 35.9 Å². The number of hydrogen-bond acceptors (Lipinski definition) is 1. The number of benzene rings is 1. The molecular weight excluding hydrogens is 230 g/mol. The van der Waals surface area contributed by atoms with Crippen LogP contribution in [-0.2, 0) is 0 Å². The molecule has 1 aromatic carbocycles.